The third kappa shape index (κ3) is 3.91. The van der Waals surface area contributed by atoms with Crippen LogP contribution in [-0.2, 0) is 6.42 Å². The number of hydrogen-bond donors (Lipinski definition) is 1. The van der Waals surface area contributed by atoms with Crippen molar-refractivity contribution >= 4 is 23.2 Å². The van der Waals surface area contributed by atoms with Gasteiger partial charge in [-0.05, 0) is 42.8 Å². The van der Waals surface area contributed by atoms with Crippen molar-refractivity contribution in [3.63, 3.8) is 0 Å². The van der Waals surface area contributed by atoms with Gasteiger partial charge in [0.1, 0.15) is 29.4 Å². The van der Waals surface area contributed by atoms with Crippen LogP contribution >= 0.6 is 11.6 Å². The maximum atomic E-state index is 12.6. The Morgan fingerprint density at radius 1 is 1.19 bits per heavy atom. The molecular weight excluding hydrogens is 354 g/mol. The van der Waals surface area contributed by atoms with Gasteiger partial charge >= 0.3 is 0 Å². The quantitative estimate of drug-likeness (QED) is 0.645. The number of ether oxygens (including phenoxy) is 2. The summed E-state index contributed by atoms with van der Waals surface area (Å²) in [6, 6.07) is 10.8. The van der Waals surface area contributed by atoms with Gasteiger partial charge in [0, 0.05) is 6.20 Å². The zero-order valence-electron chi connectivity index (χ0n) is 14.7. The first kappa shape index (κ1) is 18.1. The molecule has 2 aromatic heterocycles. The Morgan fingerprint density at radius 2 is 1.92 bits per heavy atom. The Bertz CT molecular complexity index is 906. The van der Waals surface area contributed by atoms with Crippen LogP contribution in [0.25, 0.3) is 5.65 Å². The van der Waals surface area contributed by atoms with E-state index in [4.69, 9.17) is 21.1 Å². The number of aryl methyl sites for hydroxylation is 1. The molecule has 0 unspecified atom stereocenters. The van der Waals surface area contributed by atoms with Crippen LogP contribution in [0.3, 0.4) is 0 Å². The molecule has 7 heteroatoms. The fourth-order valence-corrected chi connectivity index (χ4v) is 2.80. The van der Waals surface area contributed by atoms with Crippen molar-refractivity contribution < 1.29 is 14.3 Å². The molecule has 26 heavy (non-hydrogen) atoms. The Kier molecular flexibility index (Phi) is 5.63. The molecule has 1 N–H and O–H groups in total. The van der Waals surface area contributed by atoms with Crippen LogP contribution in [0.2, 0.25) is 5.02 Å². The number of carbonyl (C=O) groups excluding carboxylic acids is 1. The van der Waals surface area contributed by atoms with Crippen molar-refractivity contribution in [1.29, 1.82) is 0 Å². The second-order valence-corrected chi connectivity index (χ2v) is 6.05. The first-order valence-corrected chi connectivity index (χ1v) is 8.71. The van der Waals surface area contributed by atoms with E-state index in [0.29, 0.717) is 35.9 Å². The Morgan fingerprint density at radius 3 is 2.62 bits per heavy atom. The number of carbonyl (C=O) groups is 1. The van der Waals surface area contributed by atoms with Crippen LogP contribution in [0.4, 0.5) is 0 Å². The molecule has 3 aromatic rings. The van der Waals surface area contributed by atoms with Gasteiger partial charge in [-0.25, -0.2) is 4.98 Å². The lowest BCUT2D eigenvalue weighted by molar-refractivity contribution is 0.0940. The summed E-state index contributed by atoms with van der Waals surface area (Å²) in [6.45, 7) is 2.70. The fourth-order valence-electron chi connectivity index (χ4n) is 2.64. The van der Waals surface area contributed by atoms with E-state index in [-0.39, 0.29) is 5.91 Å². The highest BCUT2D eigenvalue weighted by molar-refractivity contribution is 6.30. The lowest BCUT2D eigenvalue weighted by Crippen LogP contribution is -2.29. The largest absolute Gasteiger partial charge is 0.497 e. The summed E-state index contributed by atoms with van der Waals surface area (Å²) in [5.74, 6) is 1.29. The average Bonchev–Trinajstić information content (AvgIpc) is 3.03. The number of nitrogens with one attached hydrogen (secondary N) is 1. The Balaban J connectivity index is 1.62. The number of benzene rings is 1. The maximum Gasteiger partial charge on any atom is 0.270 e. The number of hydrogen-bond acceptors (Lipinski definition) is 4. The van der Waals surface area contributed by atoms with Crippen molar-refractivity contribution in [2.45, 2.75) is 13.3 Å². The van der Waals surface area contributed by atoms with Crippen LogP contribution in [0.1, 0.15) is 23.1 Å². The number of rotatable bonds is 7. The van der Waals surface area contributed by atoms with Crippen molar-refractivity contribution in [2.24, 2.45) is 0 Å². The zero-order chi connectivity index (χ0) is 18.5. The Labute approximate surface area is 156 Å². The zero-order valence-corrected chi connectivity index (χ0v) is 15.4. The fraction of sp³-hybridized carbons (Fsp3) is 0.263. The summed E-state index contributed by atoms with van der Waals surface area (Å²) in [5, 5.41) is 3.42. The summed E-state index contributed by atoms with van der Waals surface area (Å²) >= 11 is 6.05. The monoisotopic (exact) mass is 373 g/mol. The summed E-state index contributed by atoms with van der Waals surface area (Å²) in [4.78, 5) is 17.1. The van der Waals surface area contributed by atoms with Gasteiger partial charge in [0.05, 0.1) is 24.4 Å². The lowest BCUT2D eigenvalue weighted by Gasteiger charge is -2.09. The van der Waals surface area contributed by atoms with E-state index >= 15 is 0 Å². The second-order valence-electron chi connectivity index (χ2n) is 5.62. The van der Waals surface area contributed by atoms with E-state index < -0.39 is 0 Å². The minimum absolute atomic E-state index is 0.199. The molecule has 0 aliphatic carbocycles. The van der Waals surface area contributed by atoms with Crippen molar-refractivity contribution in [3.8, 4) is 11.5 Å². The summed E-state index contributed by atoms with van der Waals surface area (Å²) in [5.41, 5.74) is 1.95. The molecule has 0 aliphatic rings. The maximum absolute atomic E-state index is 12.6. The van der Waals surface area contributed by atoms with Gasteiger partial charge in [0.2, 0.25) is 0 Å². The molecule has 1 amide bonds. The molecule has 0 atom stereocenters. The number of methoxy groups -OCH3 is 1. The number of imidazole rings is 1. The molecular formula is C19H20ClN3O3. The van der Waals surface area contributed by atoms with Crippen LogP contribution in [0, 0.1) is 0 Å². The van der Waals surface area contributed by atoms with E-state index in [2.05, 4.69) is 10.3 Å². The van der Waals surface area contributed by atoms with Crippen molar-refractivity contribution in [1.82, 2.24) is 14.7 Å². The Hall–Kier alpha value is -2.73. The van der Waals surface area contributed by atoms with Gasteiger partial charge in [-0.1, -0.05) is 18.5 Å². The summed E-state index contributed by atoms with van der Waals surface area (Å²) in [7, 11) is 1.61. The molecule has 0 aliphatic heterocycles. The van der Waals surface area contributed by atoms with Crippen LogP contribution < -0.4 is 14.8 Å². The highest BCUT2D eigenvalue weighted by Crippen LogP contribution is 2.18. The predicted molar refractivity (Wildman–Crippen MR) is 100 cm³/mol. The van der Waals surface area contributed by atoms with E-state index in [1.54, 1.807) is 29.8 Å². The molecule has 0 bridgehead atoms. The lowest BCUT2D eigenvalue weighted by atomic mass is 10.2. The van der Waals surface area contributed by atoms with E-state index in [9.17, 15) is 4.79 Å². The molecule has 0 spiro atoms. The minimum atomic E-state index is -0.199. The van der Waals surface area contributed by atoms with Gasteiger partial charge < -0.3 is 14.8 Å². The minimum Gasteiger partial charge on any atom is -0.497 e. The number of aromatic nitrogens is 2. The van der Waals surface area contributed by atoms with E-state index in [0.717, 1.165) is 17.2 Å². The van der Waals surface area contributed by atoms with Gasteiger partial charge in [0.15, 0.2) is 0 Å². The SMILES string of the molecule is CCc1nc2ccc(Cl)cn2c1C(=O)NCCOc1ccc(OC)cc1. The number of halogens is 1. The molecule has 3 rings (SSSR count). The molecule has 136 valence electrons. The highest BCUT2D eigenvalue weighted by atomic mass is 35.5. The molecule has 6 nitrogen and oxygen atoms in total. The molecule has 0 radical (unpaired) electrons. The van der Waals surface area contributed by atoms with Crippen LogP contribution in [0.5, 0.6) is 11.5 Å². The standard InChI is InChI=1S/C19H20ClN3O3/c1-3-16-18(23-12-13(20)4-9-17(23)22-16)19(24)21-10-11-26-15-7-5-14(25-2)6-8-15/h4-9,12H,3,10-11H2,1-2H3,(H,21,24). The van der Waals surface area contributed by atoms with E-state index in [1.807, 2.05) is 31.2 Å². The molecule has 1 aromatic carbocycles. The number of amides is 1. The molecule has 0 fully saturated rings. The second kappa shape index (κ2) is 8.10. The van der Waals surface area contributed by atoms with Gasteiger partial charge in [-0.15, -0.1) is 0 Å². The number of fused-ring (bicyclic) bond motifs is 1. The summed E-state index contributed by atoms with van der Waals surface area (Å²) in [6.07, 6.45) is 2.36. The van der Waals surface area contributed by atoms with Crippen molar-refractivity contribution in [2.75, 3.05) is 20.3 Å². The van der Waals surface area contributed by atoms with Crippen molar-refractivity contribution in [3.05, 3.63) is 59.0 Å². The molecule has 0 saturated heterocycles. The predicted octanol–water partition coefficient (Wildman–Crippen LogP) is 3.37. The molecule has 0 saturated carbocycles. The van der Waals surface area contributed by atoms with Gasteiger partial charge in [0.25, 0.3) is 5.91 Å². The van der Waals surface area contributed by atoms with Crippen LogP contribution in [-0.4, -0.2) is 35.6 Å². The summed E-state index contributed by atoms with van der Waals surface area (Å²) < 4.78 is 12.4. The normalized spacial score (nSPS) is 10.7. The topological polar surface area (TPSA) is 64.9 Å². The average molecular weight is 374 g/mol. The number of nitrogens with zero attached hydrogens (tertiary/aromatic N) is 2. The van der Waals surface area contributed by atoms with Gasteiger partial charge in [-0.3, -0.25) is 9.20 Å². The number of pyridine rings is 1. The first-order chi connectivity index (χ1) is 12.6. The smallest absolute Gasteiger partial charge is 0.270 e. The highest BCUT2D eigenvalue weighted by Gasteiger charge is 2.18. The third-order valence-electron chi connectivity index (χ3n) is 3.92. The van der Waals surface area contributed by atoms with Crippen LogP contribution in [0.15, 0.2) is 42.6 Å². The molecule has 2 heterocycles. The van der Waals surface area contributed by atoms with Gasteiger partial charge in [-0.2, -0.15) is 0 Å². The first-order valence-electron chi connectivity index (χ1n) is 8.34. The van der Waals surface area contributed by atoms with E-state index in [1.165, 1.54) is 0 Å². The third-order valence-corrected chi connectivity index (χ3v) is 4.14.